The van der Waals surface area contributed by atoms with Crippen molar-refractivity contribution in [2.45, 2.75) is 26.8 Å². The van der Waals surface area contributed by atoms with Crippen LogP contribution in [0.1, 0.15) is 29.5 Å². The van der Waals surface area contributed by atoms with Crippen LogP contribution in [-0.2, 0) is 6.54 Å². The molecule has 1 amide bonds. The minimum absolute atomic E-state index is 0.145. The van der Waals surface area contributed by atoms with E-state index in [0.29, 0.717) is 31.7 Å². The van der Waals surface area contributed by atoms with Gasteiger partial charge in [-0.3, -0.25) is 9.48 Å². The summed E-state index contributed by atoms with van der Waals surface area (Å²) in [6.07, 6.45) is 0.634. The number of nitrogens with one attached hydrogen (secondary N) is 1. The lowest BCUT2D eigenvalue weighted by Gasteiger charge is -2.05. The van der Waals surface area contributed by atoms with Gasteiger partial charge in [-0.05, 0) is 31.9 Å². The van der Waals surface area contributed by atoms with E-state index < -0.39 is 0 Å². The van der Waals surface area contributed by atoms with Crippen molar-refractivity contribution >= 4 is 5.91 Å². The summed E-state index contributed by atoms with van der Waals surface area (Å²) in [5, 5.41) is 10.4. The van der Waals surface area contributed by atoms with Gasteiger partial charge in [-0.25, -0.2) is 0 Å². The summed E-state index contributed by atoms with van der Waals surface area (Å²) in [5.41, 5.74) is 9.47. The quantitative estimate of drug-likeness (QED) is 0.351. The van der Waals surface area contributed by atoms with Crippen molar-refractivity contribution in [1.82, 2.24) is 15.1 Å². The highest BCUT2D eigenvalue weighted by Crippen LogP contribution is 2.03. The van der Waals surface area contributed by atoms with Crippen molar-refractivity contribution in [3.8, 4) is 0 Å². The van der Waals surface area contributed by atoms with Crippen molar-refractivity contribution < 1.29 is 4.79 Å². The molecule has 0 bridgehead atoms. The van der Waals surface area contributed by atoms with Crippen LogP contribution in [0.4, 0.5) is 0 Å². The van der Waals surface area contributed by atoms with E-state index in [2.05, 4.69) is 20.4 Å². The molecule has 1 heterocycles. The third-order valence-electron chi connectivity index (χ3n) is 2.22. The third kappa shape index (κ3) is 3.81. The first-order valence-corrected chi connectivity index (χ1v) is 5.52. The number of aromatic nitrogens is 2. The SMILES string of the molecule is CCn1nc(C)cc1C(=O)NCCCN=[N+]=[N-]. The van der Waals surface area contributed by atoms with Gasteiger partial charge in [0, 0.05) is 24.5 Å². The van der Waals surface area contributed by atoms with Crippen LogP contribution in [-0.4, -0.2) is 28.8 Å². The predicted octanol–water partition coefficient (Wildman–Crippen LogP) is 1.64. The first-order valence-electron chi connectivity index (χ1n) is 5.52. The highest BCUT2D eigenvalue weighted by atomic mass is 16.2. The Hall–Kier alpha value is -2.01. The largest absolute Gasteiger partial charge is 0.351 e. The predicted molar refractivity (Wildman–Crippen MR) is 63.6 cm³/mol. The van der Waals surface area contributed by atoms with E-state index in [1.54, 1.807) is 10.7 Å². The van der Waals surface area contributed by atoms with Crippen LogP contribution in [0, 0.1) is 6.92 Å². The number of nitrogens with zero attached hydrogens (tertiary/aromatic N) is 5. The van der Waals surface area contributed by atoms with Gasteiger partial charge in [0.05, 0.1) is 5.69 Å². The molecule has 0 fully saturated rings. The number of hydrogen-bond acceptors (Lipinski definition) is 3. The Morgan fingerprint density at radius 2 is 2.47 bits per heavy atom. The normalized spacial score (nSPS) is 9.76. The fourth-order valence-electron chi connectivity index (χ4n) is 1.46. The van der Waals surface area contributed by atoms with E-state index in [-0.39, 0.29) is 5.91 Å². The number of amides is 1. The van der Waals surface area contributed by atoms with Gasteiger partial charge in [0.15, 0.2) is 0 Å². The number of carbonyl (C=O) groups excluding carboxylic acids is 1. The Kier molecular flexibility index (Phi) is 5.03. The fraction of sp³-hybridized carbons (Fsp3) is 0.600. The molecule has 92 valence electrons. The fourth-order valence-corrected chi connectivity index (χ4v) is 1.46. The van der Waals surface area contributed by atoms with E-state index in [9.17, 15) is 4.79 Å². The second-order valence-corrected chi connectivity index (χ2v) is 3.55. The topological polar surface area (TPSA) is 95.7 Å². The van der Waals surface area contributed by atoms with E-state index in [0.717, 1.165) is 5.69 Å². The summed E-state index contributed by atoms with van der Waals surface area (Å²) in [6, 6.07) is 1.76. The lowest BCUT2D eigenvalue weighted by atomic mass is 10.3. The van der Waals surface area contributed by atoms with E-state index >= 15 is 0 Å². The van der Waals surface area contributed by atoms with Crippen LogP contribution >= 0.6 is 0 Å². The van der Waals surface area contributed by atoms with Crippen molar-refractivity contribution in [2.24, 2.45) is 5.11 Å². The summed E-state index contributed by atoms with van der Waals surface area (Å²) in [6.45, 7) is 5.33. The Bertz CT molecular complexity index is 432. The minimum atomic E-state index is -0.145. The number of hydrogen-bond donors (Lipinski definition) is 1. The molecule has 0 radical (unpaired) electrons. The molecule has 1 aromatic heterocycles. The first-order chi connectivity index (χ1) is 8.19. The van der Waals surface area contributed by atoms with Crippen LogP contribution in [0.5, 0.6) is 0 Å². The molecule has 1 N–H and O–H groups in total. The molecule has 0 aliphatic carbocycles. The number of aryl methyl sites for hydroxylation is 2. The van der Waals surface area contributed by atoms with Crippen LogP contribution in [0.2, 0.25) is 0 Å². The first kappa shape index (κ1) is 13.1. The van der Waals surface area contributed by atoms with Gasteiger partial charge in [0.1, 0.15) is 5.69 Å². The maximum atomic E-state index is 11.8. The van der Waals surface area contributed by atoms with Crippen molar-refractivity contribution in [1.29, 1.82) is 0 Å². The molecule has 0 unspecified atom stereocenters. The standard InChI is InChI=1S/C10H16N6O/c1-3-16-9(7-8(2)14-16)10(17)12-5-4-6-13-15-11/h7H,3-6H2,1-2H3,(H,12,17). The molecule has 0 saturated carbocycles. The lowest BCUT2D eigenvalue weighted by Crippen LogP contribution is -2.27. The zero-order valence-corrected chi connectivity index (χ0v) is 10.1. The third-order valence-corrected chi connectivity index (χ3v) is 2.22. The highest BCUT2D eigenvalue weighted by molar-refractivity contribution is 5.92. The van der Waals surface area contributed by atoms with Crippen molar-refractivity contribution in [3.63, 3.8) is 0 Å². The second kappa shape index (κ2) is 6.55. The van der Waals surface area contributed by atoms with Gasteiger partial charge in [0.25, 0.3) is 5.91 Å². The van der Waals surface area contributed by atoms with Gasteiger partial charge in [-0.1, -0.05) is 5.11 Å². The zero-order chi connectivity index (χ0) is 12.7. The Balaban J connectivity index is 2.48. The monoisotopic (exact) mass is 236 g/mol. The molecule has 0 spiro atoms. The van der Waals surface area contributed by atoms with E-state index in [4.69, 9.17) is 5.53 Å². The summed E-state index contributed by atoms with van der Waals surface area (Å²) in [5.74, 6) is -0.145. The van der Waals surface area contributed by atoms with Gasteiger partial charge in [-0.15, -0.1) is 0 Å². The van der Waals surface area contributed by atoms with Crippen LogP contribution < -0.4 is 5.32 Å². The molecule has 17 heavy (non-hydrogen) atoms. The smallest absolute Gasteiger partial charge is 0.269 e. The van der Waals surface area contributed by atoms with Gasteiger partial charge in [-0.2, -0.15) is 5.10 Å². The van der Waals surface area contributed by atoms with Gasteiger partial charge >= 0.3 is 0 Å². The van der Waals surface area contributed by atoms with Gasteiger partial charge < -0.3 is 5.32 Å². The van der Waals surface area contributed by atoms with Crippen molar-refractivity contribution in [2.75, 3.05) is 13.1 Å². The summed E-state index contributed by atoms with van der Waals surface area (Å²) >= 11 is 0. The van der Waals surface area contributed by atoms with Crippen LogP contribution in [0.3, 0.4) is 0 Å². The Morgan fingerprint density at radius 1 is 1.71 bits per heavy atom. The molecule has 1 aromatic rings. The second-order valence-electron chi connectivity index (χ2n) is 3.55. The van der Waals surface area contributed by atoms with Gasteiger partial charge in [0.2, 0.25) is 0 Å². The summed E-state index contributed by atoms with van der Waals surface area (Å²) in [7, 11) is 0. The Morgan fingerprint density at radius 3 is 3.12 bits per heavy atom. The minimum Gasteiger partial charge on any atom is -0.351 e. The zero-order valence-electron chi connectivity index (χ0n) is 10.1. The van der Waals surface area contributed by atoms with Crippen molar-refractivity contribution in [3.05, 3.63) is 27.9 Å². The summed E-state index contributed by atoms with van der Waals surface area (Å²) < 4.78 is 1.66. The average molecular weight is 236 g/mol. The number of rotatable bonds is 6. The van der Waals surface area contributed by atoms with Crippen LogP contribution in [0.15, 0.2) is 11.2 Å². The molecule has 1 rings (SSSR count). The Labute approximate surface area is 99.4 Å². The molecule has 7 nitrogen and oxygen atoms in total. The molecule has 7 heteroatoms. The lowest BCUT2D eigenvalue weighted by molar-refractivity contribution is 0.0943. The molecule has 0 aliphatic rings. The number of carbonyl (C=O) groups is 1. The molecular formula is C10H16N6O. The average Bonchev–Trinajstić information content (AvgIpc) is 2.70. The number of azide groups is 1. The highest BCUT2D eigenvalue weighted by Gasteiger charge is 2.11. The van der Waals surface area contributed by atoms with E-state index in [1.807, 2.05) is 13.8 Å². The van der Waals surface area contributed by atoms with E-state index in [1.165, 1.54) is 0 Å². The molecule has 0 aliphatic heterocycles. The summed E-state index contributed by atoms with van der Waals surface area (Å²) in [4.78, 5) is 14.4. The molecule has 0 saturated heterocycles. The maximum Gasteiger partial charge on any atom is 0.269 e. The van der Waals surface area contributed by atoms with Crippen LogP contribution in [0.25, 0.3) is 10.4 Å². The molecule has 0 aromatic carbocycles. The molecular weight excluding hydrogens is 220 g/mol. The molecule has 0 atom stereocenters. The maximum absolute atomic E-state index is 11.8.